The summed E-state index contributed by atoms with van der Waals surface area (Å²) in [4.78, 5) is 2.20. The molecule has 2 aliphatic heterocycles. The third-order valence-electron chi connectivity index (χ3n) is 4.16. The highest BCUT2D eigenvalue weighted by atomic mass is 32.2. The van der Waals surface area contributed by atoms with Gasteiger partial charge in [0.1, 0.15) is 5.75 Å². The Bertz CT molecular complexity index is 549. The summed E-state index contributed by atoms with van der Waals surface area (Å²) < 4.78 is 6.39. The number of nitrogens with zero attached hydrogens (tertiary/aromatic N) is 1. The van der Waals surface area contributed by atoms with Gasteiger partial charge in [0.2, 0.25) is 0 Å². The van der Waals surface area contributed by atoms with E-state index in [2.05, 4.69) is 48.5 Å². The van der Waals surface area contributed by atoms with E-state index in [1.54, 1.807) is 0 Å². The second-order valence-corrected chi connectivity index (χ2v) is 6.99. The van der Waals surface area contributed by atoms with E-state index >= 15 is 0 Å². The lowest BCUT2D eigenvalue weighted by molar-refractivity contribution is -0.0658. The summed E-state index contributed by atoms with van der Waals surface area (Å²) in [6.07, 6.45) is 3.05. The van der Waals surface area contributed by atoms with Crippen molar-refractivity contribution in [3.8, 4) is 5.75 Å². The first-order valence-corrected chi connectivity index (χ1v) is 8.71. The minimum absolute atomic E-state index is 0.265. The van der Waals surface area contributed by atoms with Crippen LogP contribution in [-0.4, -0.2) is 34.3 Å². The molecule has 1 aromatic rings. The van der Waals surface area contributed by atoms with Gasteiger partial charge in [0.25, 0.3) is 0 Å². The number of fused-ring (bicyclic) bond motifs is 4. The Labute approximate surface area is 130 Å². The molecule has 20 heavy (non-hydrogen) atoms. The molecule has 2 heterocycles. The predicted octanol–water partition coefficient (Wildman–Crippen LogP) is 3.09. The van der Waals surface area contributed by atoms with Gasteiger partial charge in [-0.1, -0.05) is 18.2 Å². The molecule has 1 N–H and O–H groups in total. The SMILES string of the molecule is CSCCN1C(=S)NC2CC1(C)Oc1c(C)cccc12. The van der Waals surface area contributed by atoms with E-state index in [0.29, 0.717) is 0 Å². The minimum atomic E-state index is -0.332. The van der Waals surface area contributed by atoms with Crippen LogP contribution >= 0.6 is 24.0 Å². The van der Waals surface area contributed by atoms with Gasteiger partial charge in [0.15, 0.2) is 10.8 Å². The zero-order valence-corrected chi connectivity index (χ0v) is 13.7. The second kappa shape index (κ2) is 5.11. The summed E-state index contributed by atoms with van der Waals surface area (Å²) in [6.45, 7) is 5.17. The smallest absolute Gasteiger partial charge is 0.184 e. The van der Waals surface area contributed by atoms with Gasteiger partial charge in [-0.2, -0.15) is 11.8 Å². The first kappa shape index (κ1) is 14.0. The van der Waals surface area contributed by atoms with Gasteiger partial charge in [0.05, 0.1) is 6.04 Å². The van der Waals surface area contributed by atoms with Gasteiger partial charge in [-0.05, 0) is 37.9 Å². The van der Waals surface area contributed by atoms with Gasteiger partial charge in [-0.25, -0.2) is 0 Å². The standard InChI is InChI=1S/C15H20N2OS2/c1-10-5-4-6-11-12-9-15(2,18-13(10)11)17(7-8-20-3)14(19)16-12/h4-6,12H,7-9H2,1-3H3,(H,16,19). The molecule has 2 aliphatic rings. The average Bonchev–Trinajstić information content (AvgIpc) is 2.39. The summed E-state index contributed by atoms with van der Waals surface area (Å²) in [6, 6.07) is 6.60. The van der Waals surface area contributed by atoms with Crippen molar-refractivity contribution in [3.63, 3.8) is 0 Å². The Kier molecular flexibility index (Phi) is 3.58. The Balaban J connectivity index is 1.98. The van der Waals surface area contributed by atoms with E-state index < -0.39 is 0 Å². The van der Waals surface area contributed by atoms with Crippen LogP contribution in [0, 0.1) is 6.92 Å². The van der Waals surface area contributed by atoms with Crippen LogP contribution < -0.4 is 10.1 Å². The average molecular weight is 308 g/mol. The molecule has 2 unspecified atom stereocenters. The lowest BCUT2D eigenvalue weighted by atomic mass is 9.89. The van der Waals surface area contributed by atoms with E-state index in [9.17, 15) is 0 Å². The van der Waals surface area contributed by atoms with Gasteiger partial charge < -0.3 is 15.0 Å². The first-order chi connectivity index (χ1) is 9.55. The molecule has 0 spiro atoms. The van der Waals surface area contributed by atoms with E-state index in [1.807, 2.05) is 11.8 Å². The second-order valence-electron chi connectivity index (χ2n) is 5.62. The number of nitrogens with one attached hydrogen (secondary N) is 1. The molecule has 0 aromatic heterocycles. The van der Waals surface area contributed by atoms with Gasteiger partial charge in [-0.15, -0.1) is 0 Å². The third-order valence-corrected chi connectivity index (χ3v) is 5.08. The van der Waals surface area contributed by atoms with E-state index in [1.165, 1.54) is 11.1 Å². The van der Waals surface area contributed by atoms with E-state index in [4.69, 9.17) is 17.0 Å². The van der Waals surface area contributed by atoms with E-state index in [-0.39, 0.29) is 11.8 Å². The number of thioether (sulfide) groups is 1. The normalized spacial score (nSPS) is 27.6. The molecule has 1 aromatic carbocycles. The fourth-order valence-corrected chi connectivity index (χ4v) is 3.89. The van der Waals surface area contributed by atoms with Crippen molar-refractivity contribution in [1.29, 1.82) is 0 Å². The number of rotatable bonds is 3. The largest absolute Gasteiger partial charge is 0.467 e. The fraction of sp³-hybridized carbons (Fsp3) is 0.533. The van der Waals surface area contributed by atoms with Crippen molar-refractivity contribution in [2.45, 2.75) is 32.0 Å². The van der Waals surface area contributed by atoms with Crippen molar-refractivity contribution in [3.05, 3.63) is 29.3 Å². The van der Waals surface area contributed by atoms with Crippen LogP contribution in [0.2, 0.25) is 0 Å². The third kappa shape index (κ3) is 2.17. The number of para-hydroxylation sites is 1. The molecular weight excluding hydrogens is 288 g/mol. The monoisotopic (exact) mass is 308 g/mol. The zero-order valence-electron chi connectivity index (χ0n) is 12.1. The number of hydrogen-bond donors (Lipinski definition) is 1. The molecule has 1 saturated heterocycles. The molecule has 0 radical (unpaired) electrons. The maximum atomic E-state index is 6.39. The molecule has 5 heteroatoms. The lowest BCUT2D eigenvalue weighted by Crippen LogP contribution is -2.65. The fourth-order valence-electron chi connectivity index (χ4n) is 3.10. The Hall–Kier alpha value is -0.940. The summed E-state index contributed by atoms with van der Waals surface area (Å²) in [5.41, 5.74) is 2.09. The minimum Gasteiger partial charge on any atom is -0.467 e. The van der Waals surface area contributed by atoms with Crippen molar-refractivity contribution >= 4 is 29.1 Å². The van der Waals surface area contributed by atoms with Crippen molar-refractivity contribution in [1.82, 2.24) is 10.2 Å². The van der Waals surface area contributed by atoms with Crippen molar-refractivity contribution in [2.75, 3.05) is 18.6 Å². The molecule has 0 amide bonds. The highest BCUT2D eigenvalue weighted by Crippen LogP contribution is 2.45. The van der Waals surface area contributed by atoms with E-state index in [0.717, 1.165) is 29.6 Å². The number of aryl methyl sites for hydroxylation is 1. The highest BCUT2D eigenvalue weighted by molar-refractivity contribution is 7.98. The summed E-state index contributed by atoms with van der Waals surface area (Å²) in [7, 11) is 0. The Morgan fingerprint density at radius 2 is 2.35 bits per heavy atom. The lowest BCUT2D eigenvalue weighted by Gasteiger charge is -2.52. The quantitative estimate of drug-likeness (QED) is 0.865. The molecule has 2 atom stereocenters. The van der Waals surface area contributed by atoms with Gasteiger partial charge in [0, 0.05) is 24.3 Å². The molecular formula is C15H20N2OS2. The van der Waals surface area contributed by atoms with Crippen LogP contribution in [0.5, 0.6) is 5.75 Å². The molecule has 0 saturated carbocycles. The predicted molar refractivity (Wildman–Crippen MR) is 88.4 cm³/mol. The maximum Gasteiger partial charge on any atom is 0.184 e. The highest BCUT2D eigenvalue weighted by Gasteiger charge is 2.47. The Morgan fingerprint density at radius 3 is 3.10 bits per heavy atom. The topological polar surface area (TPSA) is 24.5 Å². The molecule has 3 rings (SSSR count). The number of benzene rings is 1. The number of thiocarbonyl (C=S) groups is 1. The maximum absolute atomic E-state index is 6.39. The zero-order chi connectivity index (χ0) is 14.3. The van der Waals surface area contributed by atoms with Crippen molar-refractivity contribution < 1.29 is 4.74 Å². The number of hydrogen-bond acceptors (Lipinski definition) is 3. The number of ether oxygens (including phenoxy) is 1. The summed E-state index contributed by atoms with van der Waals surface area (Å²) >= 11 is 7.39. The molecule has 2 bridgehead atoms. The summed E-state index contributed by atoms with van der Waals surface area (Å²) in [5, 5.41) is 4.29. The van der Waals surface area contributed by atoms with Crippen LogP contribution in [0.4, 0.5) is 0 Å². The van der Waals surface area contributed by atoms with Crippen LogP contribution in [0.15, 0.2) is 18.2 Å². The molecule has 1 fully saturated rings. The van der Waals surface area contributed by atoms with Crippen molar-refractivity contribution in [2.24, 2.45) is 0 Å². The Morgan fingerprint density at radius 1 is 1.55 bits per heavy atom. The molecule has 3 nitrogen and oxygen atoms in total. The first-order valence-electron chi connectivity index (χ1n) is 6.91. The summed E-state index contributed by atoms with van der Waals surface area (Å²) in [5.74, 6) is 2.07. The van der Waals surface area contributed by atoms with Crippen LogP contribution in [0.3, 0.4) is 0 Å². The van der Waals surface area contributed by atoms with Crippen LogP contribution in [0.25, 0.3) is 0 Å². The molecule has 0 aliphatic carbocycles. The molecule has 108 valence electrons. The van der Waals surface area contributed by atoms with Crippen LogP contribution in [0.1, 0.15) is 30.5 Å². The van der Waals surface area contributed by atoms with Crippen LogP contribution in [-0.2, 0) is 0 Å². The van der Waals surface area contributed by atoms with Gasteiger partial charge >= 0.3 is 0 Å². The van der Waals surface area contributed by atoms with Gasteiger partial charge in [-0.3, -0.25) is 0 Å².